The minimum absolute atomic E-state index is 0.0261. The number of nitrogens with one attached hydrogen (secondary N) is 1. The lowest BCUT2D eigenvalue weighted by atomic mass is 10.3. The summed E-state index contributed by atoms with van der Waals surface area (Å²) in [6.07, 6.45) is -5.07. The van der Waals surface area contributed by atoms with Gasteiger partial charge in [-0.2, -0.15) is 22.0 Å². The second-order valence-corrected chi connectivity index (χ2v) is 4.52. The van der Waals surface area contributed by atoms with Gasteiger partial charge in [-0.1, -0.05) is 0 Å². The Morgan fingerprint density at radius 1 is 1.00 bits per heavy atom. The Balaban J connectivity index is 2.09. The molecule has 0 amide bonds. The molecular weight excluding hydrogens is 299 g/mol. The average Bonchev–Trinajstić information content (AvgIpc) is 2.66. The summed E-state index contributed by atoms with van der Waals surface area (Å²) in [5.74, 6) is -5.95. The summed E-state index contributed by atoms with van der Waals surface area (Å²) >= 11 is 0. The lowest BCUT2D eigenvalue weighted by molar-refractivity contribution is -0.292. The maximum Gasteiger partial charge on any atom is 0.461 e. The van der Waals surface area contributed by atoms with Gasteiger partial charge in [0.1, 0.15) is 0 Å². The quantitative estimate of drug-likeness (QED) is 0.822. The highest BCUT2D eigenvalue weighted by Gasteiger charge is 2.61. The van der Waals surface area contributed by atoms with E-state index in [-0.39, 0.29) is 22.5 Å². The van der Waals surface area contributed by atoms with Gasteiger partial charge in [0.05, 0.1) is 24.2 Å². The summed E-state index contributed by atoms with van der Waals surface area (Å²) in [6, 6.07) is 2.58. The maximum absolute atomic E-state index is 13.3. The minimum Gasteiger partial charge on any atom is -0.489 e. The zero-order chi connectivity index (χ0) is 15.3. The second kappa shape index (κ2) is 4.47. The van der Waals surface area contributed by atoms with Gasteiger partial charge < -0.3 is 14.5 Å². The van der Waals surface area contributed by atoms with Crippen molar-refractivity contribution in [2.45, 2.75) is 18.5 Å². The van der Waals surface area contributed by atoms with Crippen molar-refractivity contribution in [3.05, 3.63) is 18.0 Å². The van der Waals surface area contributed by atoms with Crippen LogP contribution >= 0.6 is 0 Å². The highest BCUT2D eigenvalue weighted by Crippen LogP contribution is 2.43. The summed E-state index contributed by atoms with van der Waals surface area (Å²) in [7, 11) is 0. The van der Waals surface area contributed by atoms with E-state index in [1.54, 1.807) is 0 Å². The van der Waals surface area contributed by atoms with Crippen LogP contribution in [0.25, 0.3) is 11.0 Å². The van der Waals surface area contributed by atoms with E-state index in [1.165, 1.54) is 12.1 Å². The monoisotopic (exact) mass is 308 g/mol. The van der Waals surface area contributed by atoms with Gasteiger partial charge in [0.25, 0.3) is 0 Å². The van der Waals surface area contributed by atoms with Crippen LogP contribution in [0.2, 0.25) is 0 Å². The zero-order valence-corrected chi connectivity index (χ0v) is 10.4. The highest BCUT2D eigenvalue weighted by molar-refractivity contribution is 5.80. The molecule has 0 saturated heterocycles. The fourth-order valence-corrected chi connectivity index (χ4v) is 1.95. The predicted octanol–water partition coefficient (Wildman–Crippen LogP) is 3.38. The SMILES string of the molecule is FC(F)(F)C(F)(F)c1nc2cc3c(cc2[nH]1)OCCCO3. The first-order valence-corrected chi connectivity index (χ1v) is 6.03. The normalized spacial score (nSPS) is 16.0. The molecule has 9 heteroatoms. The molecule has 3 rings (SSSR count). The molecule has 0 fully saturated rings. The van der Waals surface area contributed by atoms with E-state index in [4.69, 9.17) is 9.47 Å². The third-order valence-electron chi connectivity index (χ3n) is 3.00. The van der Waals surface area contributed by atoms with E-state index in [0.717, 1.165) is 0 Å². The molecule has 0 unspecified atom stereocenters. The third kappa shape index (κ3) is 2.26. The molecule has 1 aliphatic heterocycles. The van der Waals surface area contributed by atoms with Gasteiger partial charge in [0.2, 0.25) is 0 Å². The number of aromatic amines is 1. The molecule has 4 nitrogen and oxygen atoms in total. The zero-order valence-electron chi connectivity index (χ0n) is 10.4. The number of nitrogens with zero attached hydrogens (tertiary/aromatic N) is 1. The fourth-order valence-electron chi connectivity index (χ4n) is 1.95. The van der Waals surface area contributed by atoms with E-state index in [9.17, 15) is 22.0 Å². The van der Waals surface area contributed by atoms with Gasteiger partial charge >= 0.3 is 12.1 Å². The van der Waals surface area contributed by atoms with Crippen LogP contribution in [-0.4, -0.2) is 29.4 Å². The van der Waals surface area contributed by atoms with Crippen molar-refractivity contribution < 1.29 is 31.4 Å². The van der Waals surface area contributed by atoms with E-state index in [2.05, 4.69) is 4.98 Å². The Labute approximate surface area is 114 Å². The van der Waals surface area contributed by atoms with Crippen LogP contribution in [0.5, 0.6) is 11.5 Å². The van der Waals surface area contributed by atoms with E-state index in [0.29, 0.717) is 19.6 Å². The maximum atomic E-state index is 13.3. The van der Waals surface area contributed by atoms with Gasteiger partial charge in [-0.15, -0.1) is 0 Å². The van der Waals surface area contributed by atoms with Gasteiger partial charge in [-0.05, 0) is 0 Å². The first kappa shape index (κ1) is 13.9. The fraction of sp³-hybridized carbons (Fsp3) is 0.417. The predicted molar refractivity (Wildman–Crippen MR) is 61.6 cm³/mol. The molecule has 1 aromatic carbocycles. The minimum atomic E-state index is -5.72. The molecule has 1 N–H and O–H groups in total. The topological polar surface area (TPSA) is 47.1 Å². The van der Waals surface area contributed by atoms with Crippen LogP contribution in [0.15, 0.2) is 12.1 Å². The number of aromatic nitrogens is 2. The smallest absolute Gasteiger partial charge is 0.461 e. The molecule has 0 aliphatic carbocycles. The first-order chi connectivity index (χ1) is 9.79. The Kier molecular flexibility index (Phi) is 2.96. The number of ether oxygens (including phenoxy) is 2. The van der Waals surface area contributed by atoms with E-state index < -0.39 is 17.9 Å². The van der Waals surface area contributed by atoms with Crippen molar-refractivity contribution in [2.24, 2.45) is 0 Å². The average molecular weight is 308 g/mol. The van der Waals surface area contributed by atoms with Crippen LogP contribution in [0.1, 0.15) is 12.2 Å². The van der Waals surface area contributed by atoms with Crippen molar-refractivity contribution >= 4 is 11.0 Å². The van der Waals surface area contributed by atoms with Crippen molar-refractivity contribution in [2.75, 3.05) is 13.2 Å². The molecular formula is C12H9F5N2O2. The largest absolute Gasteiger partial charge is 0.489 e. The Morgan fingerprint density at radius 3 is 2.24 bits per heavy atom. The number of alkyl halides is 5. The first-order valence-electron chi connectivity index (χ1n) is 6.03. The number of hydrogen-bond donors (Lipinski definition) is 1. The van der Waals surface area contributed by atoms with Crippen molar-refractivity contribution in [1.82, 2.24) is 9.97 Å². The van der Waals surface area contributed by atoms with Gasteiger partial charge in [0, 0.05) is 18.6 Å². The molecule has 0 atom stereocenters. The van der Waals surface area contributed by atoms with Crippen LogP contribution < -0.4 is 9.47 Å². The number of halogens is 5. The second-order valence-electron chi connectivity index (χ2n) is 4.52. The number of rotatable bonds is 1. The number of H-pyrrole nitrogens is 1. The van der Waals surface area contributed by atoms with Gasteiger partial charge in [-0.3, -0.25) is 0 Å². The van der Waals surface area contributed by atoms with E-state index >= 15 is 0 Å². The van der Waals surface area contributed by atoms with Crippen LogP contribution in [0.3, 0.4) is 0 Å². The van der Waals surface area contributed by atoms with Crippen molar-refractivity contribution in [3.63, 3.8) is 0 Å². The summed E-state index contributed by atoms with van der Waals surface area (Å²) < 4.78 is 74.2. The molecule has 1 aliphatic rings. The molecule has 0 bridgehead atoms. The third-order valence-corrected chi connectivity index (χ3v) is 3.00. The molecule has 0 radical (unpaired) electrons. The van der Waals surface area contributed by atoms with Crippen LogP contribution in [0, 0.1) is 0 Å². The van der Waals surface area contributed by atoms with Gasteiger partial charge in [0.15, 0.2) is 17.3 Å². The molecule has 2 aromatic rings. The van der Waals surface area contributed by atoms with Gasteiger partial charge in [-0.25, -0.2) is 4.98 Å². The number of imidazole rings is 1. The van der Waals surface area contributed by atoms with Crippen LogP contribution in [0.4, 0.5) is 22.0 Å². The summed E-state index contributed by atoms with van der Waals surface area (Å²) in [5.41, 5.74) is -0.0173. The molecule has 0 saturated carbocycles. The number of fused-ring (bicyclic) bond motifs is 2. The Hall–Kier alpha value is -2.06. The molecule has 0 spiro atoms. The standard InChI is InChI=1S/C12H9F5N2O2/c13-11(14,12(15,16)17)10-18-6-4-8-9(5-7(6)19-10)21-3-1-2-20-8/h4-5H,1-3H2,(H,18,19). The van der Waals surface area contributed by atoms with Crippen LogP contribution in [-0.2, 0) is 5.92 Å². The van der Waals surface area contributed by atoms with E-state index in [1.807, 2.05) is 4.98 Å². The highest BCUT2D eigenvalue weighted by atomic mass is 19.4. The van der Waals surface area contributed by atoms with Crippen molar-refractivity contribution in [3.8, 4) is 11.5 Å². The summed E-state index contributed by atoms with van der Waals surface area (Å²) in [6.45, 7) is 0.743. The molecule has 1 aromatic heterocycles. The lowest BCUT2D eigenvalue weighted by Gasteiger charge is -2.16. The number of hydrogen-bond acceptors (Lipinski definition) is 3. The number of benzene rings is 1. The van der Waals surface area contributed by atoms with Crippen molar-refractivity contribution in [1.29, 1.82) is 0 Å². The molecule has 21 heavy (non-hydrogen) atoms. The molecule has 114 valence electrons. The Morgan fingerprint density at radius 2 is 1.62 bits per heavy atom. The summed E-state index contributed by atoms with van der Waals surface area (Å²) in [5, 5.41) is 0. The lowest BCUT2D eigenvalue weighted by Crippen LogP contribution is -2.34. The molecule has 2 heterocycles. The Bertz CT molecular complexity index is 637. The summed E-state index contributed by atoms with van der Waals surface area (Å²) in [4.78, 5) is 5.32.